The lowest BCUT2D eigenvalue weighted by Gasteiger charge is -2.34. The lowest BCUT2D eigenvalue weighted by molar-refractivity contribution is -0.223. The Balaban J connectivity index is 1.57. The van der Waals surface area contributed by atoms with E-state index in [1.165, 1.54) is 0 Å². The van der Waals surface area contributed by atoms with Gasteiger partial charge in [-0.1, -0.05) is 12.8 Å². The van der Waals surface area contributed by atoms with Gasteiger partial charge in [-0.25, -0.2) is 0 Å². The number of hydrogen-bond donors (Lipinski definition) is 2. The molecule has 2 rings (SSSR count). The van der Waals surface area contributed by atoms with E-state index in [9.17, 15) is 23.1 Å². The van der Waals surface area contributed by atoms with E-state index in [2.05, 4.69) is 10.2 Å². The summed E-state index contributed by atoms with van der Waals surface area (Å²) in [5, 5.41) is 12.2. The molecule has 0 aromatic heterocycles. The highest BCUT2D eigenvalue weighted by atomic mass is 19.4. The molecule has 1 aliphatic carbocycles. The molecule has 2 fully saturated rings. The second kappa shape index (κ2) is 8.33. The van der Waals surface area contributed by atoms with E-state index in [4.69, 9.17) is 0 Å². The summed E-state index contributed by atoms with van der Waals surface area (Å²) in [6.45, 7) is 2.56. The van der Waals surface area contributed by atoms with Crippen LogP contribution in [0.3, 0.4) is 0 Å². The zero-order valence-corrected chi connectivity index (χ0v) is 13.4. The molecule has 2 aliphatic rings. The number of halogens is 3. The average Bonchev–Trinajstić information content (AvgIpc) is 3.05. The molecular formula is C16H27F3N2O2. The lowest BCUT2D eigenvalue weighted by Crippen LogP contribution is -2.43. The Morgan fingerprint density at radius 2 is 1.78 bits per heavy atom. The molecule has 1 saturated heterocycles. The quantitative estimate of drug-likeness (QED) is 0.732. The van der Waals surface area contributed by atoms with E-state index in [1.54, 1.807) is 0 Å². The number of aliphatic hydroxyl groups excluding tert-OH is 1. The number of rotatable bonds is 6. The number of carbonyl (C=O) groups excluding carboxylic acids is 1. The third-order valence-electron chi connectivity index (χ3n) is 5.09. The summed E-state index contributed by atoms with van der Waals surface area (Å²) in [4.78, 5) is 14.0. The van der Waals surface area contributed by atoms with Gasteiger partial charge in [0.25, 0.3) is 0 Å². The van der Waals surface area contributed by atoms with Crippen LogP contribution in [-0.2, 0) is 4.79 Å². The molecule has 1 saturated carbocycles. The van der Waals surface area contributed by atoms with Gasteiger partial charge in [0, 0.05) is 12.5 Å². The van der Waals surface area contributed by atoms with Crippen molar-refractivity contribution in [3.63, 3.8) is 0 Å². The molecule has 1 amide bonds. The second-order valence-electron chi connectivity index (χ2n) is 6.79. The predicted octanol–water partition coefficient (Wildman–Crippen LogP) is 2.32. The molecule has 7 heteroatoms. The van der Waals surface area contributed by atoms with Crippen molar-refractivity contribution in [1.29, 1.82) is 0 Å². The maximum Gasteiger partial charge on any atom is 0.414 e. The number of carbonyl (C=O) groups is 1. The minimum atomic E-state index is -4.52. The zero-order chi connectivity index (χ0) is 16.9. The lowest BCUT2D eigenvalue weighted by atomic mass is 9.91. The number of piperidine rings is 1. The number of aliphatic hydroxyl groups is 1. The first-order chi connectivity index (χ1) is 10.9. The maximum atomic E-state index is 12.5. The summed E-state index contributed by atoms with van der Waals surface area (Å²) in [6.07, 6.45) is -0.919. The maximum absolute atomic E-state index is 12.5. The third-order valence-corrected chi connectivity index (χ3v) is 5.09. The Labute approximate surface area is 135 Å². The number of nitrogens with one attached hydrogen (secondary N) is 1. The molecule has 134 valence electrons. The molecule has 23 heavy (non-hydrogen) atoms. The van der Waals surface area contributed by atoms with E-state index in [0.717, 1.165) is 38.6 Å². The molecule has 1 heterocycles. The molecule has 0 aromatic carbocycles. The molecule has 1 aliphatic heterocycles. The topological polar surface area (TPSA) is 52.6 Å². The SMILES string of the molecule is O=C(NCCCN1CCC(C(O)C(F)(F)F)CC1)C1CCCC1. The highest BCUT2D eigenvalue weighted by Crippen LogP contribution is 2.31. The van der Waals surface area contributed by atoms with Crippen LogP contribution in [0.4, 0.5) is 13.2 Å². The van der Waals surface area contributed by atoms with Gasteiger partial charge in [0.2, 0.25) is 5.91 Å². The van der Waals surface area contributed by atoms with Gasteiger partial charge in [-0.3, -0.25) is 4.79 Å². The first-order valence-electron chi connectivity index (χ1n) is 8.63. The van der Waals surface area contributed by atoms with E-state index in [0.29, 0.717) is 32.5 Å². The molecule has 2 N–H and O–H groups in total. The summed E-state index contributed by atoms with van der Waals surface area (Å²) in [5.41, 5.74) is 0. The van der Waals surface area contributed by atoms with Crippen LogP contribution in [0.5, 0.6) is 0 Å². The summed E-state index contributed by atoms with van der Waals surface area (Å²) in [7, 11) is 0. The van der Waals surface area contributed by atoms with Crippen molar-refractivity contribution >= 4 is 5.91 Å². The van der Waals surface area contributed by atoms with Crippen molar-refractivity contribution in [1.82, 2.24) is 10.2 Å². The molecule has 1 unspecified atom stereocenters. The Kier molecular flexibility index (Phi) is 6.71. The van der Waals surface area contributed by atoms with Gasteiger partial charge in [-0.2, -0.15) is 13.2 Å². The van der Waals surface area contributed by atoms with Gasteiger partial charge in [0.05, 0.1) is 0 Å². The molecule has 0 spiro atoms. The van der Waals surface area contributed by atoms with Gasteiger partial charge in [0.15, 0.2) is 6.10 Å². The Bertz CT molecular complexity index is 376. The van der Waals surface area contributed by atoms with Crippen LogP contribution in [0.25, 0.3) is 0 Å². The Hall–Kier alpha value is -0.820. The first kappa shape index (κ1) is 18.5. The Morgan fingerprint density at radius 3 is 2.35 bits per heavy atom. The second-order valence-corrected chi connectivity index (χ2v) is 6.79. The summed E-state index contributed by atoms with van der Waals surface area (Å²) in [5.74, 6) is -0.363. The number of amides is 1. The van der Waals surface area contributed by atoms with Gasteiger partial charge in [-0.15, -0.1) is 0 Å². The Morgan fingerprint density at radius 1 is 1.17 bits per heavy atom. The largest absolute Gasteiger partial charge is 0.414 e. The average molecular weight is 336 g/mol. The third kappa shape index (κ3) is 5.64. The van der Waals surface area contributed by atoms with Crippen molar-refractivity contribution < 1.29 is 23.1 Å². The number of alkyl halides is 3. The molecule has 0 aromatic rings. The molecule has 1 atom stereocenters. The fourth-order valence-electron chi connectivity index (χ4n) is 3.61. The minimum absolute atomic E-state index is 0.148. The standard InChI is InChI=1S/C16H27F3N2O2/c17-16(18,19)14(22)12-6-10-21(11-7-12)9-3-8-20-15(23)13-4-1-2-5-13/h12-14,22H,1-11H2,(H,20,23). The number of likely N-dealkylation sites (tertiary alicyclic amines) is 1. The van der Waals surface area contributed by atoms with E-state index >= 15 is 0 Å². The smallest absolute Gasteiger partial charge is 0.383 e. The van der Waals surface area contributed by atoms with Gasteiger partial charge in [0.1, 0.15) is 0 Å². The van der Waals surface area contributed by atoms with Gasteiger partial charge < -0.3 is 15.3 Å². The van der Waals surface area contributed by atoms with E-state index in [-0.39, 0.29) is 11.8 Å². The molecule has 4 nitrogen and oxygen atoms in total. The molecule has 0 bridgehead atoms. The van der Waals surface area contributed by atoms with Gasteiger partial charge >= 0.3 is 6.18 Å². The molecular weight excluding hydrogens is 309 g/mol. The fourth-order valence-corrected chi connectivity index (χ4v) is 3.61. The number of hydrogen-bond acceptors (Lipinski definition) is 3. The highest BCUT2D eigenvalue weighted by molar-refractivity contribution is 5.78. The van der Waals surface area contributed by atoms with Crippen molar-refractivity contribution in [3.8, 4) is 0 Å². The monoisotopic (exact) mass is 336 g/mol. The fraction of sp³-hybridized carbons (Fsp3) is 0.938. The van der Waals surface area contributed by atoms with Gasteiger partial charge in [-0.05, 0) is 57.7 Å². The van der Waals surface area contributed by atoms with Crippen LogP contribution in [0.15, 0.2) is 0 Å². The normalized spacial score (nSPS) is 23.1. The van der Waals surface area contributed by atoms with Crippen molar-refractivity contribution in [2.75, 3.05) is 26.2 Å². The summed E-state index contributed by atoms with van der Waals surface area (Å²) < 4.78 is 37.4. The van der Waals surface area contributed by atoms with Crippen molar-refractivity contribution in [3.05, 3.63) is 0 Å². The predicted molar refractivity (Wildman–Crippen MR) is 80.8 cm³/mol. The first-order valence-corrected chi connectivity index (χ1v) is 8.63. The number of nitrogens with zero attached hydrogens (tertiary/aromatic N) is 1. The minimum Gasteiger partial charge on any atom is -0.383 e. The van der Waals surface area contributed by atoms with Crippen LogP contribution in [0, 0.1) is 11.8 Å². The zero-order valence-electron chi connectivity index (χ0n) is 13.4. The van der Waals surface area contributed by atoms with Crippen LogP contribution < -0.4 is 5.32 Å². The summed E-state index contributed by atoms with van der Waals surface area (Å²) >= 11 is 0. The van der Waals surface area contributed by atoms with E-state index < -0.39 is 18.2 Å². The van der Waals surface area contributed by atoms with Crippen molar-refractivity contribution in [2.45, 2.75) is 57.2 Å². The van der Waals surface area contributed by atoms with Crippen LogP contribution in [0.2, 0.25) is 0 Å². The van der Waals surface area contributed by atoms with Crippen LogP contribution in [0.1, 0.15) is 44.9 Å². The highest BCUT2D eigenvalue weighted by Gasteiger charge is 2.44. The summed E-state index contributed by atoms with van der Waals surface area (Å²) in [6, 6.07) is 0. The van der Waals surface area contributed by atoms with Crippen molar-refractivity contribution in [2.24, 2.45) is 11.8 Å². The van der Waals surface area contributed by atoms with Crippen LogP contribution >= 0.6 is 0 Å². The molecule has 0 radical (unpaired) electrons. The van der Waals surface area contributed by atoms with Crippen LogP contribution in [-0.4, -0.2) is 54.4 Å². The van der Waals surface area contributed by atoms with E-state index in [1.807, 2.05) is 0 Å².